The first-order chi connectivity index (χ1) is 16.7. The lowest BCUT2D eigenvalue weighted by Gasteiger charge is -2.39. The predicted octanol–water partition coefficient (Wildman–Crippen LogP) is 6.44. The molecular formula is C30H37N2O2+. The summed E-state index contributed by atoms with van der Waals surface area (Å²) < 4.78 is 12.3. The molecule has 3 fully saturated rings. The minimum Gasteiger partial charge on any atom is -0.454 e. The maximum absolute atomic E-state index is 10.6. The summed E-state index contributed by atoms with van der Waals surface area (Å²) in [5, 5.41) is 10.6. The van der Waals surface area contributed by atoms with Crippen molar-refractivity contribution in [2.45, 2.75) is 57.3 Å². The molecule has 1 saturated heterocycles. The van der Waals surface area contributed by atoms with Crippen molar-refractivity contribution >= 4 is 5.69 Å². The smallest absolute Gasteiger partial charge is 0.231 e. The molecule has 2 aliphatic carbocycles. The summed E-state index contributed by atoms with van der Waals surface area (Å²) in [5.74, 6) is 4.65. The number of quaternary nitrogens is 1. The standard InChI is InChI=1S/C30H37N2O2/c1-2-32(24-13-14-28-29(17-24)34-21-33-28)18-26-25(27(26)19-32)15-16-30(20-31,22-9-5-3-6-10-22)23-11-7-4-8-12-23/h3,5-6,9-10,13-14,17,23,25-27H,2,4,7-8,11-12,15-16,18-19,21H2,1H3/q+1. The van der Waals surface area contributed by atoms with Gasteiger partial charge in [0.2, 0.25) is 6.79 Å². The highest BCUT2D eigenvalue weighted by Gasteiger charge is 2.63. The van der Waals surface area contributed by atoms with Crippen LogP contribution >= 0.6 is 0 Å². The third kappa shape index (κ3) is 3.52. The Kier molecular flexibility index (Phi) is 5.57. The average molecular weight is 458 g/mol. The molecule has 0 radical (unpaired) electrons. The summed E-state index contributed by atoms with van der Waals surface area (Å²) >= 11 is 0. The molecule has 2 aliphatic heterocycles. The maximum atomic E-state index is 10.6. The largest absolute Gasteiger partial charge is 0.454 e. The normalized spacial score (nSPS) is 31.5. The van der Waals surface area contributed by atoms with Crippen molar-refractivity contribution in [3.8, 4) is 17.6 Å². The first-order valence-corrected chi connectivity index (χ1v) is 13.4. The quantitative estimate of drug-likeness (QED) is 0.449. The van der Waals surface area contributed by atoms with E-state index in [9.17, 15) is 5.26 Å². The number of rotatable bonds is 7. The Morgan fingerprint density at radius 2 is 1.71 bits per heavy atom. The predicted molar refractivity (Wildman–Crippen MR) is 135 cm³/mol. The topological polar surface area (TPSA) is 42.2 Å². The molecule has 4 heteroatoms. The number of fused-ring (bicyclic) bond motifs is 2. The van der Waals surface area contributed by atoms with E-state index in [1.165, 1.54) is 62.9 Å². The molecule has 2 aromatic rings. The second-order valence-corrected chi connectivity index (χ2v) is 11.2. The molecule has 2 saturated carbocycles. The fraction of sp³-hybridized carbons (Fsp3) is 0.567. The van der Waals surface area contributed by atoms with Crippen LogP contribution in [-0.4, -0.2) is 26.4 Å². The second-order valence-electron chi connectivity index (χ2n) is 11.2. The third-order valence-corrected chi connectivity index (χ3v) is 9.80. The van der Waals surface area contributed by atoms with Crippen molar-refractivity contribution in [2.75, 3.05) is 26.4 Å². The number of likely N-dealkylation sites (tertiary alicyclic amines) is 1. The van der Waals surface area contributed by atoms with Gasteiger partial charge in [-0.25, -0.2) is 0 Å². The molecule has 178 valence electrons. The molecule has 6 rings (SSSR count). The monoisotopic (exact) mass is 457 g/mol. The van der Waals surface area contributed by atoms with Gasteiger partial charge >= 0.3 is 0 Å². The highest BCUT2D eigenvalue weighted by molar-refractivity contribution is 5.56. The van der Waals surface area contributed by atoms with Gasteiger partial charge in [0.15, 0.2) is 11.5 Å². The van der Waals surface area contributed by atoms with Crippen LogP contribution in [0.4, 0.5) is 5.69 Å². The Balaban J connectivity index is 1.17. The van der Waals surface area contributed by atoms with Crippen molar-refractivity contribution in [2.24, 2.45) is 23.7 Å². The number of nitrogens with zero attached hydrogens (tertiary/aromatic N) is 2. The van der Waals surface area contributed by atoms with Crippen molar-refractivity contribution in [1.82, 2.24) is 4.48 Å². The molecule has 4 aliphatic rings. The van der Waals surface area contributed by atoms with E-state index in [-0.39, 0.29) is 5.41 Å². The minimum atomic E-state index is -0.313. The van der Waals surface area contributed by atoms with Crippen LogP contribution in [0.3, 0.4) is 0 Å². The summed E-state index contributed by atoms with van der Waals surface area (Å²) in [5.41, 5.74) is 2.32. The molecule has 0 bridgehead atoms. The molecule has 34 heavy (non-hydrogen) atoms. The summed E-state index contributed by atoms with van der Waals surface area (Å²) in [6, 6.07) is 20.2. The Labute approximate surface area is 204 Å². The van der Waals surface area contributed by atoms with Crippen LogP contribution < -0.4 is 14.0 Å². The summed E-state index contributed by atoms with van der Waals surface area (Å²) in [7, 11) is 0. The highest BCUT2D eigenvalue weighted by atomic mass is 16.7. The van der Waals surface area contributed by atoms with Gasteiger partial charge in [0.25, 0.3) is 0 Å². The van der Waals surface area contributed by atoms with Crippen molar-refractivity contribution in [3.63, 3.8) is 0 Å². The van der Waals surface area contributed by atoms with Gasteiger partial charge in [-0.3, -0.25) is 4.48 Å². The molecule has 3 unspecified atom stereocenters. The van der Waals surface area contributed by atoms with Gasteiger partial charge < -0.3 is 9.47 Å². The molecule has 4 nitrogen and oxygen atoms in total. The van der Waals surface area contributed by atoms with Gasteiger partial charge in [0.1, 0.15) is 5.69 Å². The van der Waals surface area contributed by atoms with Crippen molar-refractivity contribution in [1.29, 1.82) is 5.26 Å². The third-order valence-electron chi connectivity index (χ3n) is 9.80. The summed E-state index contributed by atoms with van der Waals surface area (Å²) in [6.07, 6.45) is 8.52. The molecule has 2 heterocycles. The zero-order chi connectivity index (χ0) is 23.2. The lowest BCUT2D eigenvalue weighted by molar-refractivity contribution is 0.174. The van der Waals surface area contributed by atoms with Crippen LogP contribution in [0.25, 0.3) is 0 Å². The SMILES string of the molecule is CC[N+]1(c2ccc3c(c2)OCO3)CC2C(CCC(C#N)(c3ccccc3)C3CCCCC3)C2C1. The van der Waals surface area contributed by atoms with Gasteiger partial charge in [0, 0.05) is 24.0 Å². The van der Waals surface area contributed by atoms with Crippen LogP contribution in [0.1, 0.15) is 57.4 Å². The maximum Gasteiger partial charge on any atom is 0.231 e. The number of piperidine rings is 1. The highest BCUT2D eigenvalue weighted by Crippen LogP contribution is 2.59. The van der Waals surface area contributed by atoms with Gasteiger partial charge in [-0.2, -0.15) is 5.26 Å². The van der Waals surface area contributed by atoms with E-state index in [0.717, 1.165) is 46.7 Å². The minimum absolute atomic E-state index is 0.313. The Morgan fingerprint density at radius 3 is 2.41 bits per heavy atom. The fourth-order valence-corrected chi connectivity index (χ4v) is 7.73. The van der Waals surface area contributed by atoms with Crippen molar-refractivity contribution < 1.29 is 9.47 Å². The first-order valence-electron chi connectivity index (χ1n) is 13.4. The molecule has 3 atom stereocenters. The zero-order valence-electron chi connectivity index (χ0n) is 20.4. The fourth-order valence-electron chi connectivity index (χ4n) is 7.73. The van der Waals surface area contributed by atoms with Crippen LogP contribution in [-0.2, 0) is 5.41 Å². The lowest BCUT2D eigenvalue weighted by atomic mass is 9.63. The van der Waals surface area contributed by atoms with Gasteiger partial charge in [-0.15, -0.1) is 0 Å². The Morgan fingerprint density at radius 1 is 0.971 bits per heavy atom. The van der Waals surface area contributed by atoms with Crippen LogP contribution in [0.15, 0.2) is 48.5 Å². The van der Waals surface area contributed by atoms with E-state index in [4.69, 9.17) is 9.47 Å². The number of hydrogen-bond donors (Lipinski definition) is 0. The average Bonchev–Trinajstić information content (AvgIpc) is 3.23. The number of ether oxygens (including phenoxy) is 2. The number of benzene rings is 2. The molecule has 2 aromatic carbocycles. The van der Waals surface area contributed by atoms with E-state index in [2.05, 4.69) is 61.5 Å². The molecule has 0 N–H and O–H groups in total. The zero-order valence-corrected chi connectivity index (χ0v) is 20.4. The number of hydrogen-bond acceptors (Lipinski definition) is 3. The van der Waals surface area contributed by atoms with E-state index in [1.54, 1.807) is 0 Å². The second kappa shape index (κ2) is 8.61. The Hall–Kier alpha value is -2.51. The molecule has 0 amide bonds. The molecule has 0 aromatic heterocycles. The van der Waals surface area contributed by atoms with E-state index in [1.807, 2.05) is 0 Å². The van der Waals surface area contributed by atoms with Crippen molar-refractivity contribution in [3.05, 3.63) is 54.1 Å². The first kappa shape index (κ1) is 22.0. The van der Waals surface area contributed by atoms with Crippen LogP contribution in [0.2, 0.25) is 0 Å². The van der Waals surface area contributed by atoms with Gasteiger partial charge in [0.05, 0.1) is 31.1 Å². The van der Waals surface area contributed by atoms with Crippen LogP contribution in [0, 0.1) is 35.0 Å². The van der Waals surface area contributed by atoms with Crippen LogP contribution in [0.5, 0.6) is 11.5 Å². The molecule has 0 spiro atoms. The summed E-state index contributed by atoms with van der Waals surface area (Å²) in [4.78, 5) is 0. The number of nitriles is 1. The van der Waals surface area contributed by atoms with Gasteiger partial charge in [-0.05, 0) is 56.1 Å². The molecular weight excluding hydrogens is 420 g/mol. The van der Waals surface area contributed by atoms with Gasteiger partial charge in [-0.1, -0.05) is 49.6 Å². The van der Waals surface area contributed by atoms with E-state index in [0.29, 0.717) is 12.7 Å². The van der Waals surface area contributed by atoms with E-state index >= 15 is 0 Å². The Bertz CT molecular complexity index is 1060. The summed E-state index contributed by atoms with van der Waals surface area (Å²) in [6.45, 7) is 6.22. The van der Waals surface area contributed by atoms with E-state index < -0.39 is 0 Å². The lowest BCUT2D eigenvalue weighted by Crippen LogP contribution is -2.49.